The van der Waals surface area contributed by atoms with Crippen molar-refractivity contribution in [2.24, 2.45) is 10.9 Å². The van der Waals surface area contributed by atoms with E-state index in [-0.39, 0.29) is 22.4 Å². The zero-order valence-corrected chi connectivity index (χ0v) is 22.3. The zero-order chi connectivity index (χ0) is 29.4. The Labute approximate surface area is 234 Å². The van der Waals surface area contributed by atoms with Gasteiger partial charge in [-0.2, -0.15) is 9.36 Å². The van der Waals surface area contributed by atoms with Gasteiger partial charge in [-0.15, -0.1) is 11.8 Å². The number of carboxylic acid groups (broad SMARTS) is 2. The molecule has 1 unspecified atom stereocenters. The zero-order valence-electron chi connectivity index (χ0n) is 20.6. The van der Waals surface area contributed by atoms with Crippen LogP contribution in [0.5, 0.6) is 0 Å². The number of nitrogens with zero attached hydrogens (tertiary/aromatic N) is 5. The fraction of sp³-hybridized carbons (Fsp3) is 0.227. The molecule has 1 fully saturated rings. The predicted molar refractivity (Wildman–Crippen MR) is 138 cm³/mol. The van der Waals surface area contributed by atoms with Gasteiger partial charge in [0.05, 0.1) is 5.56 Å². The van der Waals surface area contributed by atoms with E-state index in [4.69, 9.17) is 26.2 Å². The Kier molecular flexibility index (Phi) is 9.87. The van der Waals surface area contributed by atoms with Crippen molar-refractivity contribution in [3.8, 4) is 0 Å². The number of aliphatic carboxylic acids is 1. The van der Waals surface area contributed by atoms with Crippen molar-refractivity contribution in [3.05, 3.63) is 59.3 Å². The minimum Gasteiger partial charge on any atom is -0.554 e. The lowest BCUT2D eigenvalue weighted by Gasteiger charge is -2.49. The summed E-state index contributed by atoms with van der Waals surface area (Å²) in [6.07, 6.45) is 6.73. The van der Waals surface area contributed by atoms with Crippen LogP contribution >= 0.6 is 23.3 Å². The van der Waals surface area contributed by atoms with Crippen LogP contribution < -0.4 is 26.5 Å². The lowest BCUT2D eigenvalue weighted by atomic mass is 10.0. The molecule has 6 N–H and O–H groups in total. The largest absolute Gasteiger partial charge is 0.554 e. The van der Waals surface area contributed by atoms with Crippen LogP contribution in [0.15, 0.2) is 53.1 Å². The van der Waals surface area contributed by atoms with Crippen molar-refractivity contribution in [2.45, 2.75) is 18.0 Å². The monoisotopic (exact) mass is 590 g/mol. The highest BCUT2D eigenvalue weighted by atomic mass is 32.2. The van der Waals surface area contributed by atoms with E-state index < -0.39 is 41.6 Å². The maximum absolute atomic E-state index is 12.9. The number of nitrogens with two attached hydrogens (primary N) is 2. The molecule has 18 heteroatoms. The van der Waals surface area contributed by atoms with Crippen LogP contribution in [0.25, 0.3) is 0 Å². The molecule has 2 aromatic heterocycles. The third-order valence-corrected chi connectivity index (χ3v) is 7.19. The standard InChI is InChI=1S/C21H20N8O6S2.CH2O2/c1-35-26-12(16-25-21(23)37-27-16)17(31)24-13-18(32)29-14(20(33)34)11(9-36-19(13)29)3-2-6-28-7-4-10(5-8-28)15(22)30;2-1-3/h2-5,7-8,13,19H,6,9H2,1H3,(H5-,22,23,24,25,27,30,31,33,34);1H,(H,2,3)/t13?,19-;/m0./s1. The van der Waals surface area contributed by atoms with E-state index in [2.05, 4.69) is 19.8 Å². The smallest absolute Gasteiger partial charge is 0.352 e. The number of primary amides is 1. The molecule has 0 aliphatic carbocycles. The number of carbonyl (C=O) groups excluding carboxylic acids is 4. The number of thioether (sulfide) groups is 1. The first-order valence-electron chi connectivity index (χ1n) is 11.1. The molecule has 0 aromatic carbocycles. The van der Waals surface area contributed by atoms with Gasteiger partial charge in [0.15, 0.2) is 24.1 Å². The number of amides is 3. The summed E-state index contributed by atoms with van der Waals surface area (Å²) in [6.45, 7) is -0.104. The minimum atomic E-state index is -1.26. The van der Waals surface area contributed by atoms with Crippen molar-refractivity contribution in [3.63, 3.8) is 0 Å². The number of allylic oxidation sites excluding steroid dienone is 2. The first-order chi connectivity index (χ1) is 19.1. The quantitative estimate of drug-likeness (QED) is 0.0761. The molecule has 16 nitrogen and oxygen atoms in total. The van der Waals surface area contributed by atoms with Crippen LogP contribution in [0.1, 0.15) is 16.2 Å². The van der Waals surface area contributed by atoms with E-state index >= 15 is 0 Å². The van der Waals surface area contributed by atoms with Crippen molar-refractivity contribution in [2.75, 3.05) is 18.6 Å². The van der Waals surface area contributed by atoms with Crippen LogP contribution in [-0.2, 0) is 30.6 Å². The van der Waals surface area contributed by atoms with Crippen LogP contribution in [0, 0.1) is 0 Å². The molecule has 2 aliphatic heterocycles. The van der Waals surface area contributed by atoms with Gasteiger partial charge in [0.2, 0.25) is 17.4 Å². The second-order valence-electron chi connectivity index (χ2n) is 7.77. The molecule has 0 spiro atoms. The fourth-order valence-corrected chi connectivity index (χ4v) is 5.40. The first kappa shape index (κ1) is 29.7. The van der Waals surface area contributed by atoms with Gasteiger partial charge in [0.25, 0.3) is 11.8 Å². The summed E-state index contributed by atoms with van der Waals surface area (Å²) in [5.41, 5.74) is 11.2. The number of nitrogen functional groups attached to an aromatic ring is 1. The topological polar surface area (TPSA) is 247 Å². The van der Waals surface area contributed by atoms with Gasteiger partial charge < -0.3 is 36.6 Å². The molecule has 0 bridgehead atoms. The molecular weight excluding hydrogens is 568 g/mol. The van der Waals surface area contributed by atoms with Crippen LogP contribution in [0.3, 0.4) is 0 Å². The predicted octanol–water partition coefficient (Wildman–Crippen LogP) is -2.78. The Balaban J connectivity index is 0.00000141. The lowest BCUT2D eigenvalue weighted by molar-refractivity contribution is -0.687. The van der Waals surface area contributed by atoms with Crippen molar-refractivity contribution >= 4 is 64.3 Å². The minimum absolute atomic E-state index is 0.0533. The molecule has 2 aliphatic rings. The number of nitrogens with one attached hydrogen (secondary N) is 1. The first-order valence-corrected chi connectivity index (χ1v) is 12.9. The molecule has 0 radical (unpaired) electrons. The Bertz CT molecular complexity index is 1410. The van der Waals surface area contributed by atoms with Gasteiger partial charge in [-0.05, 0) is 11.6 Å². The average Bonchev–Trinajstić information content (AvgIpc) is 3.36. The Morgan fingerprint density at radius 2 is 2.05 bits per heavy atom. The van der Waals surface area contributed by atoms with Crippen LogP contribution in [-0.4, -0.2) is 79.5 Å². The van der Waals surface area contributed by atoms with Crippen LogP contribution in [0.4, 0.5) is 5.13 Å². The summed E-state index contributed by atoms with van der Waals surface area (Å²) >= 11 is 2.18. The summed E-state index contributed by atoms with van der Waals surface area (Å²) in [7, 11) is 1.24. The third-order valence-electron chi connectivity index (χ3n) is 5.35. The number of aromatic nitrogens is 3. The van der Waals surface area contributed by atoms with Gasteiger partial charge in [-0.25, -0.2) is 9.36 Å². The van der Waals surface area contributed by atoms with Gasteiger partial charge in [-0.3, -0.25) is 19.3 Å². The molecule has 1 saturated heterocycles. The van der Waals surface area contributed by atoms with Gasteiger partial charge in [0, 0.05) is 35.9 Å². The number of fused-ring (bicyclic) bond motifs is 1. The number of rotatable bonds is 9. The molecule has 4 rings (SSSR count). The summed E-state index contributed by atoms with van der Waals surface area (Å²) < 4.78 is 5.70. The van der Waals surface area contributed by atoms with E-state index in [1.54, 1.807) is 41.2 Å². The molecule has 2 aromatic rings. The number of hydrogen-bond acceptors (Lipinski definition) is 13. The molecule has 0 saturated carbocycles. The maximum atomic E-state index is 12.9. The third kappa shape index (κ3) is 6.59. The Morgan fingerprint density at radius 3 is 2.60 bits per heavy atom. The highest BCUT2D eigenvalue weighted by Gasteiger charge is 2.54. The van der Waals surface area contributed by atoms with E-state index in [9.17, 15) is 24.3 Å². The summed E-state index contributed by atoms with van der Waals surface area (Å²) in [5, 5.41) is 23.8. The molecule has 3 amide bonds. The molecular formula is C22H22N8O8S2. The summed E-state index contributed by atoms with van der Waals surface area (Å²) in [6, 6.07) is 2.18. The van der Waals surface area contributed by atoms with Crippen molar-refractivity contribution in [1.29, 1.82) is 0 Å². The molecule has 4 heterocycles. The molecule has 210 valence electrons. The van der Waals surface area contributed by atoms with Gasteiger partial charge >= 0.3 is 5.97 Å². The normalized spacial score (nSPS) is 18.3. The highest BCUT2D eigenvalue weighted by molar-refractivity contribution is 8.00. The van der Waals surface area contributed by atoms with Crippen molar-refractivity contribution in [1.82, 2.24) is 19.6 Å². The van der Waals surface area contributed by atoms with E-state index in [1.807, 2.05) is 0 Å². The number of pyridine rings is 1. The van der Waals surface area contributed by atoms with Crippen LogP contribution in [0.2, 0.25) is 0 Å². The number of carbonyl (C=O) groups is 5. The molecule has 2 atom stereocenters. The van der Waals surface area contributed by atoms with Gasteiger partial charge in [0.1, 0.15) is 24.2 Å². The summed E-state index contributed by atoms with van der Waals surface area (Å²) in [5.74, 6) is -2.88. The van der Waals surface area contributed by atoms with E-state index in [1.165, 1.54) is 18.9 Å². The van der Waals surface area contributed by atoms with Crippen molar-refractivity contribution < 1.29 is 43.6 Å². The number of anilines is 1. The maximum Gasteiger partial charge on any atom is 0.352 e. The fourth-order valence-electron chi connectivity index (χ4n) is 3.65. The second-order valence-corrected chi connectivity index (χ2v) is 9.65. The average molecular weight is 591 g/mol. The van der Waals surface area contributed by atoms with E-state index in [0.29, 0.717) is 23.4 Å². The number of β-lactam (4-membered cyclic amide) rings is 1. The number of carboxylic acids is 1. The number of hydrogen-bond donors (Lipinski definition) is 4. The Morgan fingerprint density at radius 1 is 1.38 bits per heavy atom. The Hall–Kier alpha value is -4.84. The summed E-state index contributed by atoms with van der Waals surface area (Å²) in [4.78, 5) is 67.0. The lowest BCUT2D eigenvalue weighted by Crippen LogP contribution is -2.71. The van der Waals surface area contributed by atoms with E-state index in [0.717, 1.165) is 16.4 Å². The number of oxime groups is 1. The van der Waals surface area contributed by atoms with Gasteiger partial charge in [-0.1, -0.05) is 11.2 Å². The SMILES string of the molecule is CON=C(C(=O)NC1C(=O)N2C(C(=O)O)=C(C=CC[n+]3ccc(C(N)=O)cc3)CS[C@@H]12)c1nsc(N)n1.O=C[O-]. The highest BCUT2D eigenvalue weighted by Crippen LogP contribution is 2.40. The molecule has 40 heavy (non-hydrogen) atoms. The second kappa shape index (κ2) is 13.3.